The number of halogens is 1. The van der Waals surface area contributed by atoms with Crippen LogP contribution in [0.2, 0.25) is 0 Å². The molecule has 0 aliphatic carbocycles. The van der Waals surface area contributed by atoms with Crippen LogP contribution < -0.4 is 10.6 Å². The monoisotopic (exact) mass is 347 g/mol. The van der Waals surface area contributed by atoms with Gasteiger partial charge in [0.1, 0.15) is 5.82 Å². The quantitative estimate of drug-likeness (QED) is 0.856. The molecule has 2 aromatic rings. The smallest absolute Gasteiger partial charge is 0.226 e. The molecule has 110 valence electrons. The van der Waals surface area contributed by atoms with Gasteiger partial charge in [0.15, 0.2) is 0 Å². The highest BCUT2D eigenvalue weighted by atomic mass is 79.9. The lowest BCUT2D eigenvalue weighted by Gasteiger charge is -2.10. The van der Waals surface area contributed by atoms with Gasteiger partial charge >= 0.3 is 0 Å². The van der Waals surface area contributed by atoms with Gasteiger partial charge in [-0.3, -0.25) is 4.79 Å². The number of amides is 1. The van der Waals surface area contributed by atoms with Gasteiger partial charge < -0.3 is 10.6 Å². The van der Waals surface area contributed by atoms with E-state index in [0.29, 0.717) is 5.69 Å². The van der Waals surface area contributed by atoms with Crippen molar-refractivity contribution in [3.63, 3.8) is 0 Å². The molecule has 5 heteroatoms. The molecule has 2 rings (SSSR count). The summed E-state index contributed by atoms with van der Waals surface area (Å²) in [5.41, 5.74) is 2.83. The molecule has 1 aromatic carbocycles. The van der Waals surface area contributed by atoms with Gasteiger partial charge in [-0.1, -0.05) is 19.9 Å². The molecule has 0 atom stereocenters. The maximum Gasteiger partial charge on any atom is 0.226 e. The summed E-state index contributed by atoms with van der Waals surface area (Å²) in [6, 6.07) is 9.74. The molecule has 0 saturated heterocycles. The molecule has 0 bridgehead atoms. The van der Waals surface area contributed by atoms with Gasteiger partial charge in [-0.05, 0) is 52.7 Å². The van der Waals surface area contributed by atoms with E-state index in [1.807, 2.05) is 51.1 Å². The van der Waals surface area contributed by atoms with Crippen molar-refractivity contribution in [2.24, 2.45) is 5.92 Å². The SMILES string of the molecule is Cc1ccc(Nc2ccc(NC(=O)C(C)C)cn2)c(Br)c1. The lowest BCUT2D eigenvalue weighted by Crippen LogP contribution is -2.17. The fourth-order valence-electron chi connectivity index (χ4n) is 1.69. The van der Waals surface area contributed by atoms with Crippen LogP contribution in [0.15, 0.2) is 41.0 Å². The van der Waals surface area contributed by atoms with Crippen molar-refractivity contribution in [1.82, 2.24) is 4.98 Å². The van der Waals surface area contributed by atoms with E-state index in [1.165, 1.54) is 5.56 Å². The van der Waals surface area contributed by atoms with E-state index in [9.17, 15) is 4.79 Å². The molecular formula is C16H18BrN3O. The summed E-state index contributed by atoms with van der Waals surface area (Å²) < 4.78 is 0.987. The summed E-state index contributed by atoms with van der Waals surface area (Å²) in [4.78, 5) is 15.9. The molecule has 1 heterocycles. The van der Waals surface area contributed by atoms with Crippen LogP contribution in [0.1, 0.15) is 19.4 Å². The van der Waals surface area contributed by atoms with Crippen LogP contribution in [0.3, 0.4) is 0 Å². The minimum absolute atomic E-state index is 0.0150. The van der Waals surface area contributed by atoms with Gasteiger partial charge in [0.2, 0.25) is 5.91 Å². The summed E-state index contributed by atoms with van der Waals surface area (Å²) in [5, 5.41) is 6.04. The number of pyridine rings is 1. The molecule has 4 nitrogen and oxygen atoms in total. The van der Waals surface area contributed by atoms with E-state index in [2.05, 4.69) is 31.5 Å². The Labute approximate surface area is 133 Å². The molecule has 0 aliphatic rings. The van der Waals surface area contributed by atoms with Crippen molar-refractivity contribution < 1.29 is 4.79 Å². The highest BCUT2D eigenvalue weighted by Gasteiger charge is 2.07. The third kappa shape index (κ3) is 4.29. The second kappa shape index (κ2) is 6.72. The first kappa shape index (κ1) is 15.5. The zero-order chi connectivity index (χ0) is 15.4. The highest BCUT2D eigenvalue weighted by Crippen LogP contribution is 2.26. The number of anilines is 3. The van der Waals surface area contributed by atoms with Crippen molar-refractivity contribution >= 4 is 39.0 Å². The van der Waals surface area contributed by atoms with E-state index < -0.39 is 0 Å². The number of rotatable bonds is 4. The molecule has 0 unspecified atom stereocenters. The summed E-state index contributed by atoms with van der Waals surface area (Å²) in [7, 11) is 0. The summed E-state index contributed by atoms with van der Waals surface area (Å²) >= 11 is 3.52. The van der Waals surface area contributed by atoms with Crippen molar-refractivity contribution in [3.8, 4) is 0 Å². The Balaban J connectivity index is 2.07. The van der Waals surface area contributed by atoms with Crippen molar-refractivity contribution in [3.05, 3.63) is 46.6 Å². The van der Waals surface area contributed by atoms with E-state index in [4.69, 9.17) is 0 Å². The second-order valence-corrected chi connectivity index (χ2v) is 6.04. The Morgan fingerprint density at radius 3 is 2.57 bits per heavy atom. The summed E-state index contributed by atoms with van der Waals surface area (Å²) in [6.45, 7) is 5.75. The van der Waals surface area contributed by atoms with E-state index in [-0.39, 0.29) is 11.8 Å². The molecule has 0 fully saturated rings. The van der Waals surface area contributed by atoms with Crippen molar-refractivity contribution in [2.75, 3.05) is 10.6 Å². The second-order valence-electron chi connectivity index (χ2n) is 5.18. The van der Waals surface area contributed by atoms with E-state index in [0.717, 1.165) is 16.0 Å². The van der Waals surface area contributed by atoms with Crippen LogP contribution in [0.5, 0.6) is 0 Å². The number of aryl methyl sites for hydroxylation is 1. The van der Waals surface area contributed by atoms with Gasteiger partial charge in [0.05, 0.1) is 17.6 Å². The molecule has 21 heavy (non-hydrogen) atoms. The largest absolute Gasteiger partial charge is 0.339 e. The molecule has 0 saturated carbocycles. The summed E-state index contributed by atoms with van der Waals surface area (Å²) in [5.74, 6) is 0.659. The summed E-state index contributed by atoms with van der Waals surface area (Å²) in [6.07, 6.45) is 1.64. The van der Waals surface area contributed by atoms with Gasteiger partial charge in [-0.15, -0.1) is 0 Å². The number of hydrogen-bond donors (Lipinski definition) is 2. The number of nitrogens with zero attached hydrogens (tertiary/aromatic N) is 1. The first-order valence-electron chi connectivity index (χ1n) is 6.76. The van der Waals surface area contributed by atoms with Crippen molar-refractivity contribution in [2.45, 2.75) is 20.8 Å². The van der Waals surface area contributed by atoms with E-state index >= 15 is 0 Å². The number of carbonyl (C=O) groups excluding carboxylic acids is 1. The van der Waals surface area contributed by atoms with Gasteiger partial charge in [0, 0.05) is 10.4 Å². The van der Waals surface area contributed by atoms with Crippen LogP contribution in [0.25, 0.3) is 0 Å². The fraction of sp³-hybridized carbons (Fsp3) is 0.250. The topological polar surface area (TPSA) is 54.0 Å². The zero-order valence-electron chi connectivity index (χ0n) is 12.3. The highest BCUT2D eigenvalue weighted by molar-refractivity contribution is 9.10. The lowest BCUT2D eigenvalue weighted by molar-refractivity contribution is -0.118. The van der Waals surface area contributed by atoms with Crippen LogP contribution in [0, 0.1) is 12.8 Å². The maximum atomic E-state index is 11.6. The Hall–Kier alpha value is -1.88. The van der Waals surface area contributed by atoms with Gasteiger partial charge in [-0.25, -0.2) is 4.98 Å². The van der Waals surface area contributed by atoms with Crippen LogP contribution in [-0.2, 0) is 4.79 Å². The molecule has 1 amide bonds. The Kier molecular flexibility index (Phi) is 4.96. The first-order chi connectivity index (χ1) is 9.95. The average molecular weight is 348 g/mol. The molecule has 0 radical (unpaired) electrons. The predicted octanol–water partition coefficient (Wildman–Crippen LogP) is 4.49. The third-order valence-electron chi connectivity index (χ3n) is 2.94. The van der Waals surface area contributed by atoms with Crippen LogP contribution >= 0.6 is 15.9 Å². The molecular weight excluding hydrogens is 330 g/mol. The number of aromatic nitrogens is 1. The predicted molar refractivity (Wildman–Crippen MR) is 89.9 cm³/mol. The fourth-order valence-corrected chi connectivity index (χ4v) is 2.28. The Bertz CT molecular complexity index is 638. The number of hydrogen-bond acceptors (Lipinski definition) is 3. The van der Waals surface area contributed by atoms with Gasteiger partial charge in [0.25, 0.3) is 0 Å². The molecule has 0 spiro atoms. The van der Waals surface area contributed by atoms with Crippen molar-refractivity contribution in [1.29, 1.82) is 0 Å². The normalized spacial score (nSPS) is 10.5. The average Bonchev–Trinajstić information content (AvgIpc) is 2.43. The Morgan fingerprint density at radius 1 is 1.24 bits per heavy atom. The van der Waals surface area contributed by atoms with Crippen LogP contribution in [-0.4, -0.2) is 10.9 Å². The first-order valence-corrected chi connectivity index (χ1v) is 7.55. The zero-order valence-corrected chi connectivity index (χ0v) is 13.9. The van der Waals surface area contributed by atoms with E-state index in [1.54, 1.807) is 6.20 Å². The lowest BCUT2D eigenvalue weighted by atomic mass is 10.2. The minimum Gasteiger partial charge on any atom is -0.339 e. The number of benzene rings is 1. The molecule has 1 aromatic heterocycles. The minimum atomic E-state index is -0.0497. The number of nitrogens with one attached hydrogen (secondary N) is 2. The molecule has 2 N–H and O–H groups in total. The standard InChI is InChI=1S/C16H18BrN3O/c1-10(2)16(21)19-12-5-7-15(18-9-12)20-14-6-4-11(3)8-13(14)17/h4-10H,1-3H3,(H,18,20)(H,19,21). The number of carbonyl (C=O) groups is 1. The maximum absolute atomic E-state index is 11.6. The Morgan fingerprint density at radius 2 is 2.00 bits per heavy atom. The third-order valence-corrected chi connectivity index (χ3v) is 3.60. The van der Waals surface area contributed by atoms with Crippen LogP contribution in [0.4, 0.5) is 17.2 Å². The molecule has 0 aliphatic heterocycles. The van der Waals surface area contributed by atoms with Gasteiger partial charge in [-0.2, -0.15) is 0 Å².